The first-order chi connectivity index (χ1) is 12.0. The summed E-state index contributed by atoms with van der Waals surface area (Å²) in [5, 5.41) is 14.3. The second kappa shape index (κ2) is 7.81. The van der Waals surface area contributed by atoms with E-state index in [1.54, 1.807) is 4.90 Å². The van der Waals surface area contributed by atoms with Crippen molar-refractivity contribution >= 4 is 41.2 Å². The summed E-state index contributed by atoms with van der Waals surface area (Å²) in [5.41, 5.74) is 2.91. The van der Waals surface area contributed by atoms with Gasteiger partial charge in [0.1, 0.15) is 5.75 Å². The van der Waals surface area contributed by atoms with Crippen molar-refractivity contribution in [2.75, 3.05) is 36.6 Å². The number of hydrazone groups is 1. The monoisotopic (exact) mass is 385 g/mol. The minimum Gasteiger partial charge on any atom is -0.506 e. The van der Waals surface area contributed by atoms with Crippen LogP contribution in [0.25, 0.3) is 0 Å². The van der Waals surface area contributed by atoms with Crippen molar-refractivity contribution in [2.24, 2.45) is 5.10 Å². The largest absolute Gasteiger partial charge is 0.506 e. The lowest BCUT2D eigenvalue weighted by molar-refractivity contribution is 0.122. The number of anilines is 2. The number of halogens is 3. The van der Waals surface area contributed by atoms with Crippen molar-refractivity contribution in [1.82, 2.24) is 9.97 Å². The molecule has 0 amide bonds. The molecule has 1 saturated heterocycles. The highest BCUT2D eigenvalue weighted by Gasteiger charge is 2.17. The number of benzene rings is 1. The zero-order chi connectivity index (χ0) is 17.8. The zero-order valence-electron chi connectivity index (χ0n) is 12.9. The standard InChI is InChI=1S/C15H14Cl2FN5O2/c16-10-5-9(13(24)11(17)6-10)7-20-22-15-19-8-12(18)14(21-15)23-1-3-25-4-2-23/h5-8,24H,1-4H2,(H,19,21,22)/b20-7+. The lowest BCUT2D eigenvalue weighted by Crippen LogP contribution is -2.37. The van der Waals surface area contributed by atoms with Gasteiger partial charge < -0.3 is 14.7 Å². The van der Waals surface area contributed by atoms with Crippen LogP contribution in [0.4, 0.5) is 16.2 Å². The van der Waals surface area contributed by atoms with E-state index >= 15 is 0 Å². The molecule has 1 aromatic carbocycles. The number of rotatable bonds is 4. The number of hydrogen-bond donors (Lipinski definition) is 2. The molecular weight excluding hydrogens is 372 g/mol. The summed E-state index contributed by atoms with van der Waals surface area (Å²) in [6, 6.07) is 2.92. The zero-order valence-corrected chi connectivity index (χ0v) is 14.4. The highest BCUT2D eigenvalue weighted by Crippen LogP contribution is 2.30. The van der Waals surface area contributed by atoms with Crippen molar-refractivity contribution in [3.05, 3.63) is 39.8 Å². The second-order valence-corrected chi connectivity index (χ2v) is 6.00. The van der Waals surface area contributed by atoms with Crippen molar-refractivity contribution in [3.63, 3.8) is 0 Å². The van der Waals surface area contributed by atoms with Crippen LogP contribution in [0.15, 0.2) is 23.4 Å². The molecule has 2 N–H and O–H groups in total. The summed E-state index contributed by atoms with van der Waals surface area (Å²) in [5.74, 6) is -0.363. The fourth-order valence-electron chi connectivity index (χ4n) is 2.25. The van der Waals surface area contributed by atoms with Crippen LogP contribution in [0.5, 0.6) is 5.75 Å². The van der Waals surface area contributed by atoms with Crippen LogP contribution in [0.2, 0.25) is 10.0 Å². The maximum atomic E-state index is 13.9. The molecule has 10 heteroatoms. The normalized spacial score (nSPS) is 14.9. The Morgan fingerprint density at radius 2 is 2.08 bits per heavy atom. The molecular formula is C15H14Cl2FN5O2. The van der Waals surface area contributed by atoms with Gasteiger partial charge in [-0.25, -0.2) is 14.8 Å². The molecule has 3 rings (SSSR count). The fraction of sp³-hybridized carbons (Fsp3) is 0.267. The number of nitrogens with one attached hydrogen (secondary N) is 1. The van der Waals surface area contributed by atoms with E-state index in [4.69, 9.17) is 27.9 Å². The minimum atomic E-state index is -0.518. The lowest BCUT2D eigenvalue weighted by Gasteiger charge is -2.27. The first-order valence-corrected chi connectivity index (χ1v) is 8.12. The van der Waals surface area contributed by atoms with Crippen LogP contribution in [0.3, 0.4) is 0 Å². The molecule has 0 spiro atoms. The lowest BCUT2D eigenvalue weighted by atomic mass is 10.2. The van der Waals surface area contributed by atoms with Gasteiger partial charge in [0, 0.05) is 23.7 Å². The number of ether oxygens (including phenoxy) is 1. The molecule has 7 nitrogen and oxygen atoms in total. The number of phenolic OH excluding ortho intramolecular Hbond substituents is 1. The van der Waals surface area contributed by atoms with Gasteiger partial charge in [-0.2, -0.15) is 10.1 Å². The van der Waals surface area contributed by atoms with Crippen LogP contribution in [-0.2, 0) is 4.74 Å². The van der Waals surface area contributed by atoms with Crippen LogP contribution >= 0.6 is 23.2 Å². The minimum absolute atomic E-state index is 0.113. The first kappa shape index (κ1) is 17.7. The molecule has 0 unspecified atom stereocenters. The second-order valence-electron chi connectivity index (χ2n) is 5.16. The average Bonchev–Trinajstić information content (AvgIpc) is 2.61. The van der Waals surface area contributed by atoms with Gasteiger partial charge in [-0.15, -0.1) is 0 Å². The number of aromatic hydroxyl groups is 1. The predicted octanol–water partition coefficient (Wildman–Crippen LogP) is 2.91. The van der Waals surface area contributed by atoms with Crippen molar-refractivity contribution in [1.29, 1.82) is 0 Å². The summed E-state index contributed by atoms with van der Waals surface area (Å²) < 4.78 is 19.2. The number of phenols is 1. The number of nitrogens with zero attached hydrogens (tertiary/aromatic N) is 4. The Morgan fingerprint density at radius 3 is 2.84 bits per heavy atom. The van der Waals surface area contributed by atoms with Gasteiger partial charge in [0.2, 0.25) is 5.95 Å². The summed E-state index contributed by atoms with van der Waals surface area (Å²) in [4.78, 5) is 9.74. The molecule has 2 aromatic rings. The highest BCUT2D eigenvalue weighted by atomic mass is 35.5. The van der Waals surface area contributed by atoms with Crippen LogP contribution in [0.1, 0.15) is 5.56 Å². The van der Waals surface area contributed by atoms with Crippen molar-refractivity contribution < 1.29 is 14.2 Å². The quantitative estimate of drug-likeness (QED) is 0.621. The molecule has 0 radical (unpaired) electrons. The molecule has 132 valence electrons. The van der Waals surface area contributed by atoms with Gasteiger partial charge in [0.15, 0.2) is 11.6 Å². The van der Waals surface area contributed by atoms with Crippen LogP contribution < -0.4 is 10.3 Å². The van der Waals surface area contributed by atoms with Gasteiger partial charge in [0.25, 0.3) is 0 Å². The summed E-state index contributed by atoms with van der Waals surface area (Å²) in [6.07, 6.45) is 2.39. The van der Waals surface area contributed by atoms with E-state index in [0.29, 0.717) is 36.9 Å². The predicted molar refractivity (Wildman–Crippen MR) is 94.4 cm³/mol. The Morgan fingerprint density at radius 1 is 1.32 bits per heavy atom. The number of morpholine rings is 1. The van der Waals surface area contributed by atoms with E-state index in [1.807, 2.05) is 0 Å². The van der Waals surface area contributed by atoms with Crippen LogP contribution in [-0.4, -0.2) is 47.6 Å². The highest BCUT2D eigenvalue weighted by molar-refractivity contribution is 6.36. The number of hydrogen-bond acceptors (Lipinski definition) is 7. The molecule has 1 fully saturated rings. The first-order valence-electron chi connectivity index (χ1n) is 7.37. The molecule has 0 bridgehead atoms. The molecule has 0 saturated carbocycles. The summed E-state index contributed by atoms with van der Waals surface area (Å²) in [6.45, 7) is 2.12. The summed E-state index contributed by atoms with van der Waals surface area (Å²) >= 11 is 11.7. The Balaban J connectivity index is 1.75. The van der Waals surface area contributed by atoms with Crippen molar-refractivity contribution in [3.8, 4) is 5.75 Å². The Labute approximate surface area is 153 Å². The molecule has 1 aliphatic rings. The maximum Gasteiger partial charge on any atom is 0.245 e. The van der Waals surface area contributed by atoms with Gasteiger partial charge in [-0.3, -0.25) is 0 Å². The summed E-state index contributed by atoms with van der Waals surface area (Å²) in [7, 11) is 0. The van der Waals surface area contributed by atoms with E-state index in [-0.39, 0.29) is 22.5 Å². The van der Waals surface area contributed by atoms with Crippen LogP contribution in [0, 0.1) is 5.82 Å². The Kier molecular flexibility index (Phi) is 5.52. The molecule has 25 heavy (non-hydrogen) atoms. The third kappa shape index (κ3) is 4.28. The molecule has 1 aromatic heterocycles. The molecule has 1 aliphatic heterocycles. The Hall–Kier alpha value is -2.16. The van der Waals surface area contributed by atoms with Gasteiger partial charge >= 0.3 is 0 Å². The Bertz CT molecular complexity index is 800. The van der Waals surface area contributed by atoms with E-state index in [0.717, 1.165) is 6.20 Å². The third-order valence-electron chi connectivity index (χ3n) is 3.46. The SMILES string of the molecule is Oc1c(Cl)cc(Cl)cc1/C=N/Nc1ncc(F)c(N2CCOCC2)n1. The molecule has 0 aliphatic carbocycles. The molecule has 2 heterocycles. The smallest absolute Gasteiger partial charge is 0.245 e. The van der Waals surface area contributed by atoms with E-state index < -0.39 is 5.82 Å². The van der Waals surface area contributed by atoms with Crippen molar-refractivity contribution in [2.45, 2.75) is 0 Å². The van der Waals surface area contributed by atoms with Gasteiger partial charge in [-0.1, -0.05) is 23.2 Å². The van der Waals surface area contributed by atoms with Gasteiger partial charge in [-0.05, 0) is 12.1 Å². The topological polar surface area (TPSA) is 82.9 Å². The average molecular weight is 386 g/mol. The van der Waals surface area contributed by atoms with E-state index in [2.05, 4.69) is 20.5 Å². The maximum absolute atomic E-state index is 13.9. The number of aromatic nitrogens is 2. The van der Waals surface area contributed by atoms with E-state index in [9.17, 15) is 9.50 Å². The molecule has 0 atom stereocenters. The fourth-order valence-corrected chi connectivity index (χ4v) is 2.76. The third-order valence-corrected chi connectivity index (χ3v) is 3.97. The van der Waals surface area contributed by atoms with E-state index in [1.165, 1.54) is 18.3 Å². The van der Waals surface area contributed by atoms with Gasteiger partial charge in [0.05, 0.1) is 30.6 Å².